The first-order valence-corrected chi connectivity index (χ1v) is 5.17. The molecule has 0 saturated carbocycles. The minimum Gasteiger partial charge on any atom is -0.436 e. The first-order chi connectivity index (χ1) is 9.41. The molecule has 20 heavy (non-hydrogen) atoms. The van der Waals surface area contributed by atoms with Gasteiger partial charge < -0.3 is 4.74 Å². The highest BCUT2D eigenvalue weighted by molar-refractivity contribution is 5.37. The van der Waals surface area contributed by atoms with E-state index in [1.54, 1.807) is 6.07 Å². The molecule has 0 N–H and O–H groups in total. The fourth-order valence-electron chi connectivity index (χ4n) is 1.37. The molecule has 0 aliphatic carbocycles. The highest BCUT2D eigenvalue weighted by Crippen LogP contribution is 2.34. The van der Waals surface area contributed by atoms with Gasteiger partial charge in [-0.25, -0.2) is 14.4 Å². The van der Waals surface area contributed by atoms with Crippen LogP contribution in [-0.2, 0) is 6.18 Å². The monoisotopic (exact) mass is 283 g/mol. The number of alkyl halides is 3. The van der Waals surface area contributed by atoms with Crippen molar-refractivity contribution in [2.75, 3.05) is 0 Å². The summed E-state index contributed by atoms with van der Waals surface area (Å²) in [7, 11) is 0. The Balaban J connectivity index is 2.38. The summed E-state index contributed by atoms with van der Waals surface area (Å²) < 4.78 is 55.7. The third kappa shape index (κ3) is 2.83. The Morgan fingerprint density at radius 2 is 1.85 bits per heavy atom. The SMILES string of the molecule is N#Cc1nccnc1Oc1ccc(F)c(C(F)(F)F)c1. The van der Waals surface area contributed by atoms with E-state index in [0.29, 0.717) is 12.1 Å². The summed E-state index contributed by atoms with van der Waals surface area (Å²) in [5.74, 6) is -1.96. The number of aromatic nitrogens is 2. The number of ether oxygens (including phenoxy) is 1. The lowest BCUT2D eigenvalue weighted by molar-refractivity contribution is -0.140. The second-order valence-electron chi connectivity index (χ2n) is 3.56. The molecule has 102 valence electrons. The third-order valence-electron chi connectivity index (χ3n) is 2.23. The molecule has 1 aromatic carbocycles. The molecule has 0 aliphatic heterocycles. The topological polar surface area (TPSA) is 58.8 Å². The zero-order chi connectivity index (χ0) is 14.8. The van der Waals surface area contributed by atoms with Crippen molar-refractivity contribution in [3.63, 3.8) is 0 Å². The molecule has 1 aromatic heterocycles. The van der Waals surface area contributed by atoms with Gasteiger partial charge >= 0.3 is 6.18 Å². The number of nitriles is 1. The van der Waals surface area contributed by atoms with Crippen LogP contribution < -0.4 is 4.74 Å². The van der Waals surface area contributed by atoms with Gasteiger partial charge in [0.1, 0.15) is 17.6 Å². The molecule has 0 aliphatic rings. The second kappa shape index (κ2) is 5.13. The molecule has 0 atom stereocenters. The number of halogens is 4. The van der Waals surface area contributed by atoms with Crippen molar-refractivity contribution in [2.24, 2.45) is 0 Å². The van der Waals surface area contributed by atoms with E-state index in [1.807, 2.05) is 0 Å². The molecule has 2 rings (SSSR count). The van der Waals surface area contributed by atoms with Crippen molar-refractivity contribution in [3.05, 3.63) is 47.7 Å². The number of benzene rings is 1. The summed E-state index contributed by atoms with van der Waals surface area (Å²) >= 11 is 0. The van der Waals surface area contributed by atoms with Crippen molar-refractivity contribution in [1.29, 1.82) is 5.26 Å². The van der Waals surface area contributed by atoms with Gasteiger partial charge in [-0.3, -0.25) is 0 Å². The van der Waals surface area contributed by atoms with Crippen molar-refractivity contribution in [3.8, 4) is 17.7 Å². The minimum atomic E-state index is -4.84. The fraction of sp³-hybridized carbons (Fsp3) is 0.0833. The van der Waals surface area contributed by atoms with Gasteiger partial charge in [0.05, 0.1) is 5.56 Å². The molecular weight excluding hydrogens is 278 g/mol. The lowest BCUT2D eigenvalue weighted by Crippen LogP contribution is -2.08. The van der Waals surface area contributed by atoms with Crippen LogP contribution in [0.2, 0.25) is 0 Å². The van der Waals surface area contributed by atoms with Crippen LogP contribution >= 0.6 is 0 Å². The van der Waals surface area contributed by atoms with Crippen LogP contribution in [0.3, 0.4) is 0 Å². The lowest BCUT2D eigenvalue weighted by Gasteiger charge is -2.10. The second-order valence-corrected chi connectivity index (χ2v) is 3.56. The molecule has 0 amide bonds. The summed E-state index contributed by atoms with van der Waals surface area (Å²) in [5.41, 5.74) is -1.65. The van der Waals surface area contributed by atoms with Crippen LogP contribution in [0.5, 0.6) is 11.6 Å². The molecule has 0 radical (unpaired) electrons. The first kappa shape index (κ1) is 13.7. The Kier molecular flexibility index (Phi) is 3.52. The van der Waals surface area contributed by atoms with E-state index in [-0.39, 0.29) is 17.3 Å². The quantitative estimate of drug-likeness (QED) is 0.793. The summed E-state index contributed by atoms with van der Waals surface area (Å²) in [6.45, 7) is 0. The van der Waals surface area contributed by atoms with E-state index < -0.39 is 17.6 Å². The van der Waals surface area contributed by atoms with E-state index in [2.05, 4.69) is 9.97 Å². The van der Waals surface area contributed by atoms with Gasteiger partial charge in [-0.2, -0.15) is 18.4 Å². The van der Waals surface area contributed by atoms with Crippen LogP contribution in [-0.4, -0.2) is 9.97 Å². The van der Waals surface area contributed by atoms with E-state index in [0.717, 1.165) is 6.07 Å². The standard InChI is InChI=1S/C12H5F4N3O/c13-9-2-1-7(5-8(9)12(14,15)16)20-11-10(6-17)18-3-4-19-11/h1-5H. The van der Waals surface area contributed by atoms with Gasteiger partial charge in [-0.15, -0.1) is 0 Å². The van der Waals surface area contributed by atoms with Crippen LogP contribution in [0.15, 0.2) is 30.6 Å². The van der Waals surface area contributed by atoms with Crippen molar-refractivity contribution in [1.82, 2.24) is 9.97 Å². The Bertz CT molecular complexity index is 679. The van der Waals surface area contributed by atoms with Gasteiger partial charge in [-0.1, -0.05) is 0 Å². The molecule has 0 saturated heterocycles. The molecular formula is C12H5F4N3O. The average molecular weight is 283 g/mol. The summed E-state index contributed by atoms with van der Waals surface area (Å²) in [5, 5.41) is 8.75. The Morgan fingerprint density at radius 3 is 2.50 bits per heavy atom. The predicted molar refractivity (Wildman–Crippen MR) is 58.2 cm³/mol. The molecule has 4 nitrogen and oxygen atoms in total. The molecule has 2 aromatic rings. The summed E-state index contributed by atoms with van der Waals surface area (Å²) in [4.78, 5) is 7.31. The molecule has 0 bridgehead atoms. The van der Waals surface area contributed by atoms with Gasteiger partial charge in [0.25, 0.3) is 5.88 Å². The van der Waals surface area contributed by atoms with Crippen LogP contribution in [0.25, 0.3) is 0 Å². The van der Waals surface area contributed by atoms with Crippen molar-refractivity contribution in [2.45, 2.75) is 6.18 Å². The maximum absolute atomic E-state index is 13.1. The van der Waals surface area contributed by atoms with E-state index in [9.17, 15) is 17.6 Å². The largest absolute Gasteiger partial charge is 0.436 e. The molecule has 8 heteroatoms. The number of hydrogen-bond acceptors (Lipinski definition) is 4. The van der Waals surface area contributed by atoms with Gasteiger partial charge in [0.2, 0.25) is 5.69 Å². The Morgan fingerprint density at radius 1 is 1.15 bits per heavy atom. The smallest absolute Gasteiger partial charge is 0.419 e. The minimum absolute atomic E-state index is 0.189. The van der Waals surface area contributed by atoms with Gasteiger partial charge in [0, 0.05) is 12.4 Å². The Labute approximate surface area is 110 Å². The number of hydrogen-bond donors (Lipinski definition) is 0. The number of nitrogens with zero attached hydrogens (tertiary/aromatic N) is 3. The van der Waals surface area contributed by atoms with Crippen LogP contribution in [0.4, 0.5) is 17.6 Å². The zero-order valence-electron chi connectivity index (χ0n) is 9.65. The van der Waals surface area contributed by atoms with Crippen molar-refractivity contribution < 1.29 is 22.3 Å². The highest BCUT2D eigenvalue weighted by Gasteiger charge is 2.34. The third-order valence-corrected chi connectivity index (χ3v) is 2.23. The average Bonchev–Trinajstić information content (AvgIpc) is 2.40. The normalized spacial score (nSPS) is 10.9. The highest BCUT2D eigenvalue weighted by atomic mass is 19.4. The van der Waals surface area contributed by atoms with E-state index >= 15 is 0 Å². The number of rotatable bonds is 2. The summed E-state index contributed by atoms with van der Waals surface area (Å²) in [6.07, 6.45) is -2.40. The maximum Gasteiger partial charge on any atom is 0.419 e. The lowest BCUT2D eigenvalue weighted by atomic mass is 10.2. The van der Waals surface area contributed by atoms with E-state index in [1.165, 1.54) is 12.4 Å². The van der Waals surface area contributed by atoms with Crippen LogP contribution in [0, 0.1) is 17.1 Å². The van der Waals surface area contributed by atoms with Crippen molar-refractivity contribution >= 4 is 0 Å². The molecule has 0 unspecified atom stereocenters. The summed E-state index contributed by atoms with van der Waals surface area (Å²) in [6, 6.07) is 3.79. The van der Waals surface area contributed by atoms with Gasteiger partial charge in [-0.05, 0) is 18.2 Å². The first-order valence-electron chi connectivity index (χ1n) is 5.17. The maximum atomic E-state index is 13.1. The molecule has 0 fully saturated rings. The molecule has 1 heterocycles. The molecule has 0 spiro atoms. The van der Waals surface area contributed by atoms with Crippen LogP contribution in [0.1, 0.15) is 11.3 Å². The Hall–Kier alpha value is -2.69. The zero-order valence-corrected chi connectivity index (χ0v) is 9.65. The van der Waals surface area contributed by atoms with E-state index in [4.69, 9.17) is 10.00 Å². The van der Waals surface area contributed by atoms with Gasteiger partial charge in [0.15, 0.2) is 0 Å². The predicted octanol–water partition coefficient (Wildman–Crippen LogP) is 3.30. The fourth-order valence-corrected chi connectivity index (χ4v) is 1.37.